The number of hydrogen-bond donors (Lipinski definition) is 1. The van der Waals surface area contributed by atoms with Crippen molar-refractivity contribution in [1.29, 1.82) is 0 Å². The first kappa shape index (κ1) is 19.0. The molecular formula is C20H13N3O4S2. The lowest BCUT2D eigenvalue weighted by molar-refractivity contribution is -0.125. The van der Waals surface area contributed by atoms with Crippen LogP contribution in [0.3, 0.4) is 0 Å². The number of fused-ring (bicyclic) bond motifs is 1. The molecule has 1 saturated heterocycles. The number of rotatable bonds is 2. The maximum atomic E-state index is 13.0. The first-order chi connectivity index (χ1) is 13.9. The summed E-state index contributed by atoms with van der Waals surface area (Å²) in [5.41, 5.74) is 3.83. The number of benzene rings is 2. The Bertz CT molecular complexity index is 1130. The van der Waals surface area contributed by atoms with E-state index in [1.165, 1.54) is 6.92 Å². The number of nitrogens with one attached hydrogen (secondary N) is 1. The number of thioether (sulfide) groups is 1. The molecule has 2 aromatic carbocycles. The van der Waals surface area contributed by atoms with Crippen LogP contribution in [0.5, 0.6) is 0 Å². The number of para-hydroxylation sites is 1. The Hall–Kier alpha value is -3.30. The lowest BCUT2D eigenvalue weighted by atomic mass is 10.1. The van der Waals surface area contributed by atoms with Crippen molar-refractivity contribution in [1.82, 2.24) is 10.4 Å². The highest BCUT2D eigenvalue weighted by atomic mass is 32.2. The summed E-state index contributed by atoms with van der Waals surface area (Å²) >= 11 is 6.16. The zero-order valence-corrected chi connectivity index (χ0v) is 16.7. The summed E-state index contributed by atoms with van der Waals surface area (Å²) in [6.45, 7) is 1.28. The molecule has 0 aromatic heterocycles. The number of nitrogens with zero attached hydrogens (tertiary/aromatic N) is 2. The maximum Gasteiger partial charge on any atom is 0.286 e. The van der Waals surface area contributed by atoms with Gasteiger partial charge in [-0.15, -0.1) is 0 Å². The largest absolute Gasteiger partial charge is 0.286 e. The summed E-state index contributed by atoms with van der Waals surface area (Å²) in [5.74, 6) is -2.16. The molecule has 0 aliphatic carbocycles. The SMILES string of the molecule is CC(=O)N1C(=O)/C(=C2/SC(=S)N(NC(=O)c3ccccc3)C2=O)c2ccccc21. The Balaban J connectivity index is 1.71. The van der Waals surface area contributed by atoms with Crippen LogP contribution in [0.4, 0.5) is 5.69 Å². The van der Waals surface area contributed by atoms with Gasteiger partial charge in [0.2, 0.25) is 5.91 Å². The normalized spacial score (nSPS) is 18.3. The second-order valence-corrected chi connectivity index (χ2v) is 7.84. The van der Waals surface area contributed by atoms with Gasteiger partial charge in [0.1, 0.15) is 0 Å². The van der Waals surface area contributed by atoms with Crippen molar-refractivity contribution in [2.45, 2.75) is 6.92 Å². The molecule has 4 rings (SSSR count). The smallest absolute Gasteiger partial charge is 0.274 e. The number of imide groups is 1. The molecule has 2 aliphatic rings. The van der Waals surface area contributed by atoms with Crippen LogP contribution in [-0.4, -0.2) is 33.0 Å². The van der Waals surface area contributed by atoms with Gasteiger partial charge in [-0.2, -0.15) is 5.01 Å². The van der Waals surface area contributed by atoms with Gasteiger partial charge in [-0.3, -0.25) is 24.6 Å². The number of carbonyl (C=O) groups excluding carboxylic acids is 4. The fourth-order valence-corrected chi connectivity index (χ4v) is 4.37. The molecule has 0 bridgehead atoms. The van der Waals surface area contributed by atoms with Crippen LogP contribution in [0, 0.1) is 0 Å². The fraction of sp³-hybridized carbons (Fsp3) is 0.0500. The third-order valence-electron chi connectivity index (χ3n) is 4.39. The lowest BCUT2D eigenvalue weighted by Crippen LogP contribution is -2.45. The molecule has 2 heterocycles. The molecule has 4 amide bonds. The number of amides is 4. The first-order valence-electron chi connectivity index (χ1n) is 8.51. The minimum atomic E-state index is -0.618. The van der Waals surface area contributed by atoms with E-state index in [2.05, 4.69) is 5.43 Å². The Labute approximate surface area is 175 Å². The van der Waals surface area contributed by atoms with E-state index in [1.807, 2.05) is 0 Å². The van der Waals surface area contributed by atoms with Gasteiger partial charge in [0.05, 0.1) is 16.2 Å². The Kier molecular flexibility index (Phi) is 4.77. The predicted octanol–water partition coefficient (Wildman–Crippen LogP) is 2.50. The molecule has 1 fully saturated rings. The van der Waals surface area contributed by atoms with Crippen LogP contribution in [0.25, 0.3) is 5.57 Å². The summed E-state index contributed by atoms with van der Waals surface area (Å²) in [6.07, 6.45) is 0. The molecule has 1 N–H and O–H groups in total. The van der Waals surface area contributed by atoms with Gasteiger partial charge in [0.15, 0.2) is 4.32 Å². The van der Waals surface area contributed by atoms with E-state index >= 15 is 0 Å². The zero-order chi connectivity index (χ0) is 20.7. The summed E-state index contributed by atoms with van der Waals surface area (Å²) in [7, 11) is 0. The Morgan fingerprint density at radius 3 is 2.31 bits per heavy atom. The third-order valence-corrected chi connectivity index (χ3v) is 5.76. The number of hydrazine groups is 1. The molecule has 2 aliphatic heterocycles. The zero-order valence-electron chi connectivity index (χ0n) is 15.0. The molecular weight excluding hydrogens is 410 g/mol. The highest BCUT2D eigenvalue weighted by molar-refractivity contribution is 8.26. The summed E-state index contributed by atoms with van der Waals surface area (Å²) in [5, 5.41) is 0.948. The quantitative estimate of drug-likeness (QED) is 0.590. The van der Waals surface area contributed by atoms with Crippen molar-refractivity contribution >= 4 is 63.2 Å². The van der Waals surface area contributed by atoms with E-state index < -0.39 is 23.6 Å². The fourth-order valence-electron chi connectivity index (χ4n) is 3.12. The molecule has 144 valence electrons. The molecule has 7 nitrogen and oxygen atoms in total. The monoisotopic (exact) mass is 423 g/mol. The van der Waals surface area contributed by atoms with Crippen molar-refractivity contribution in [3.8, 4) is 0 Å². The molecule has 0 spiro atoms. The number of thiocarbonyl (C=S) groups is 1. The molecule has 0 atom stereocenters. The first-order valence-corrected chi connectivity index (χ1v) is 9.73. The molecule has 29 heavy (non-hydrogen) atoms. The number of carbonyl (C=O) groups is 4. The van der Waals surface area contributed by atoms with Crippen molar-refractivity contribution in [3.05, 3.63) is 70.6 Å². The van der Waals surface area contributed by atoms with Crippen LogP contribution in [-0.2, 0) is 14.4 Å². The van der Waals surface area contributed by atoms with Crippen LogP contribution in [0.1, 0.15) is 22.8 Å². The van der Waals surface area contributed by atoms with Gasteiger partial charge in [0, 0.05) is 18.1 Å². The lowest BCUT2D eigenvalue weighted by Gasteiger charge is -2.15. The van der Waals surface area contributed by atoms with E-state index in [9.17, 15) is 19.2 Å². The Morgan fingerprint density at radius 1 is 0.966 bits per heavy atom. The average molecular weight is 423 g/mol. The van der Waals surface area contributed by atoms with E-state index in [0.29, 0.717) is 16.8 Å². The van der Waals surface area contributed by atoms with Crippen LogP contribution >= 0.6 is 24.0 Å². The van der Waals surface area contributed by atoms with Crippen molar-refractivity contribution in [3.63, 3.8) is 0 Å². The second-order valence-electron chi connectivity index (χ2n) is 6.20. The van der Waals surface area contributed by atoms with E-state index in [-0.39, 0.29) is 14.8 Å². The van der Waals surface area contributed by atoms with Gasteiger partial charge in [0.25, 0.3) is 17.7 Å². The van der Waals surface area contributed by atoms with Gasteiger partial charge >= 0.3 is 0 Å². The highest BCUT2D eigenvalue weighted by Crippen LogP contribution is 2.44. The maximum absolute atomic E-state index is 13.0. The summed E-state index contributed by atoms with van der Waals surface area (Å²) < 4.78 is 0.0911. The Morgan fingerprint density at radius 2 is 1.62 bits per heavy atom. The highest BCUT2D eigenvalue weighted by Gasteiger charge is 2.43. The molecule has 0 saturated carbocycles. The molecule has 0 radical (unpaired) electrons. The molecule has 2 aromatic rings. The number of hydrogen-bond acceptors (Lipinski definition) is 6. The van der Waals surface area contributed by atoms with Gasteiger partial charge in [-0.05, 0) is 30.4 Å². The summed E-state index contributed by atoms with van der Waals surface area (Å²) in [4.78, 5) is 51.4. The molecule has 0 unspecified atom stereocenters. The van der Waals surface area contributed by atoms with E-state index in [4.69, 9.17) is 12.2 Å². The van der Waals surface area contributed by atoms with Crippen molar-refractivity contribution in [2.24, 2.45) is 0 Å². The van der Waals surface area contributed by atoms with Crippen molar-refractivity contribution in [2.75, 3.05) is 4.90 Å². The second kappa shape index (κ2) is 7.26. The minimum absolute atomic E-state index is 0.0737. The third kappa shape index (κ3) is 3.14. The van der Waals surface area contributed by atoms with Gasteiger partial charge in [-0.25, -0.2) is 4.90 Å². The van der Waals surface area contributed by atoms with E-state index in [1.54, 1.807) is 54.6 Å². The minimum Gasteiger partial charge on any atom is -0.274 e. The topological polar surface area (TPSA) is 86.8 Å². The number of anilines is 1. The van der Waals surface area contributed by atoms with Crippen LogP contribution < -0.4 is 10.3 Å². The predicted molar refractivity (Wildman–Crippen MR) is 112 cm³/mol. The summed E-state index contributed by atoms with van der Waals surface area (Å²) in [6, 6.07) is 15.1. The van der Waals surface area contributed by atoms with Gasteiger partial charge < -0.3 is 0 Å². The standard InChI is InChI=1S/C20H13N3O4S2/c1-11(24)22-14-10-6-5-9-13(14)15(18(22)26)16-19(27)23(20(28)29-16)21-17(25)12-7-3-2-4-8-12/h2-10H,1H3,(H,21,25)/b16-15+. The van der Waals surface area contributed by atoms with Crippen molar-refractivity contribution < 1.29 is 19.2 Å². The average Bonchev–Trinajstić information content (AvgIpc) is 3.15. The van der Waals surface area contributed by atoms with Crippen LogP contribution in [0.15, 0.2) is 59.5 Å². The van der Waals surface area contributed by atoms with E-state index in [0.717, 1.165) is 21.7 Å². The molecule has 9 heteroatoms. The van der Waals surface area contributed by atoms with Crippen LogP contribution in [0.2, 0.25) is 0 Å². The van der Waals surface area contributed by atoms with Gasteiger partial charge in [-0.1, -0.05) is 48.2 Å².